The maximum absolute atomic E-state index is 12.1. The Morgan fingerprint density at radius 3 is 2.54 bits per heavy atom. The van der Waals surface area contributed by atoms with Crippen molar-refractivity contribution in [3.63, 3.8) is 0 Å². The van der Waals surface area contributed by atoms with Crippen LogP contribution in [0.5, 0.6) is 0 Å². The highest BCUT2D eigenvalue weighted by molar-refractivity contribution is 9.10. The zero-order valence-corrected chi connectivity index (χ0v) is 14.2. The van der Waals surface area contributed by atoms with Crippen molar-refractivity contribution in [3.05, 3.63) is 70.8 Å². The van der Waals surface area contributed by atoms with E-state index in [1.54, 1.807) is 36.5 Å². The standard InChI is InChI=1S/C18H14BrN3O2/c19-14-8-6-13(7-9-14)18(24)21-11-16(23)22-15-5-1-3-12-4-2-10-20-17(12)15/h1-10H,11H2,(H,21,24)(H,22,23). The molecule has 0 atom stereocenters. The van der Waals surface area contributed by atoms with Gasteiger partial charge in [-0.3, -0.25) is 14.6 Å². The highest BCUT2D eigenvalue weighted by atomic mass is 79.9. The maximum atomic E-state index is 12.1. The van der Waals surface area contributed by atoms with E-state index in [9.17, 15) is 9.59 Å². The minimum atomic E-state index is -0.307. The number of hydrogen-bond donors (Lipinski definition) is 2. The van der Waals surface area contributed by atoms with Crippen LogP contribution in [-0.4, -0.2) is 23.3 Å². The molecule has 24 heavy (non-hydrogen) atoms. The predicted octanol–water partition coefficient (Wildman–Crippen LogP) is 3.37. The number of carbonyl (C=O) groups excluding carboxylic acids is 2. The van der Waals surface area contributed by atoms with Gasteiger partial charge in [0, 0.05) is 21.6 Å². The van der Waals surface area contributed by atoms with Crippen molar-refractivity contribution < 1.29 is 9.59 Å². The highest BCUT2D eigenvalue weighted by Gasteiger charge is 2.10. The molecule has 1 heterocycles. The number of fused-ring (bicyclic) bond motifs is 1. The summed E-state index contributed by atoms with van der Waals surface area (Å²) in [5, 5.41) is 6.32. The fourth-order valence-electron chi connectivity index (χ4n) is 2.26. The first-order chi connectivity index (χ1) is 11.6. The second kappa shape index (κ2) is 7.23. The third-order valence-electron chi connectivity index (χ3n) is 3.42. The van der Waals surface area contributed by atoms with Crippen molar-refractivity contribution in [1.29, 1.82) is 0 Å². The number of halogens is 1. The van der Waals surface area contributed by atoms with Gasteiger partial charge in [-0.25, -0.2) is 0 Å². The molecule has 1 aromatic heterocycles. The van der Waals surface area contributed by atoms with Gasteiger partial charge in [-0.2, -0.15) is 0 Å². The molecule has 2 aromatic carbocycles. The molecule has 0 radical (unpaired) electrons. The molecule has 0 saturated heterocycles. The molecule has 3 rings (SSSR count). The average Bonchev–Trinajstić information content (AvgIpc) is 2.61. The van der Waals surface area contributed by atoms with E-state index in [0.29, 0.717) is 16.8 Å². The number of anilines is 1. The van der Waals surface area contributed by atoms with Gasteiger partial charge in [0.05, 0.1) is 17.7 Å². The lowest BCUT2D eigenvalue weighted by Crippen LogP contribution is -2.32. The van der Waals surface area contributed by atoms with Crippen LogP contribution >= 0.6 is 15.9 Å². The van der Waals surface area contributed by atoms with E-state index < -0.39 is 0 Å². The van der Waals surface area contributed by atoms with Crippen molar-refractivity contribution in [1.82, 2.24) is 10.3 Å². The molecule has 0 unspecified atom stereocenters. The summed E-state index contributed by atoms with van der Waals surface area (Å²) >= 11 is 3.31. The first kappa shape index (κ1) is 16.1. The molecule has 2 N–H and O–H groups in total. The normalized spacial score (nSPS) is 10.4. The molecule has 0 aliphatic heterocycles. The van der Waals surface area contributed by atoms with Gasteiger partial charge in [-0.05, 0) is 36.4 Å². The molecular formula is C18H14BrN3O2. The summed E-state index contributed by atoms with van der Waals surface area (Å²) in [5.41, 5.74) is 1.83. The second-order valence-corrected chi connectivity index (χ2v) is 6.03. The van der Waals surface area contributed by atoms with Crippen LogP contribution in [0.15, 0.2) is 65.3 Å². The van der Waals surface area contributed by atoms with Crippen LogP contribution in [0.1, 0.15) is 10.4 Å². The molecule has 6 heteroatoms. The van der Waals surface area contributed by atoms with Gasteiger partial charge in [-0.15, -0.1) is 0 Å². The van der Waals surface area contributed by atoms with Gasteiger partial charge in [0.1, 0.15) is 0 Å². The van der Waals surface area contributed by atoms with E-state index in [-0.39, 0.29) is 18.4 Å². The summed E-state index contributed by atoms with van der Waals surface area (Å²) in [6, 6.07) is 16.2. The SMILES string of the molecule is O=C(CNC(=O)c1ccc(Br)cc1)Nc1cccc2cccnc12. The van der Waals surface area contributed by atoms with Crippen LogP contribution in [-0.2, 0) is 4.79 Å². The molecular weight excluding hydrogens is 370 g/mol. The zero-order valence-electron chi connectivity index (χ0n) is 12.6. The quantitative estimate of drug-likeness (QED) is 0.725. The van der Waals surface area contributed by atoms with Crippen LogP contribution in [0, 0.1) is 0 Å². The van der Waals surface area contributed by atoms with Gasteiger partial charge in [0.2, 0.25) is 5.91 Å². The average molecular weight is 384 g/mol. The number of hydrogen-bond acceptors (Lipinski definition) is 3. The maximum Gasteiger partial charge on any atom is 0.251 e. The monoisotopic (exact) mass is 383 g/mol. The minimum Gasteiger partial charge on any atom is -0.343 e. The van der Waals surface area contributed by atoms with E-state index >= 15 is 0 Å². The number of benzene rings is 2. The van der Waals surface area contributed by atoms with Crippen molar-refractivity contribution in [2.24, 2.45) is 0 Å². The summed E-state index contributed by atoms with van der Waals surface area (Å²) in [6.45, 7) is -0.113. The number of aromatic nitrogens is 1. The predicted molar refractivity (Wildman–Crippen MR) is 96.8 cm³/mol. The Bertz CT molecular complexity index is 889. The Kier molecular flexibility index (Phi) is 4.86. The fraction of sp³-hybridized carbons (Fsp3) is 0.0556. The molecule has 2 amide bonds. The second-order valence-electron chi connectivity index (χ2n) is 5.12. The van der Waals surface area contributed by atoms with Crippen LogP contribution in [0.2, 0.25) is 0 Å². The molecule has 0 aliphatic rings. The van der Waals surface area contributed by atoms with E-state index in [0.717, 1.165) is 9.86 Å². The Hall–Kier alpha value is -2.73. The van der Waals surface area contributed by atoms with Gasteiger partial charge in [0.15, 0.2) is 0 Å². The summed E-state index contributed by atoms with van der Waals surface area (Å²) in [6.07, 6.45) is 1.67. The smallest absolute Gasteiger partial charge is 0.251 e. The summed E-state index contributed by atoms with van der Waals surface area (Å²) in [7, 11) is 0. The van der Waals surface area contributed by atoms with Crippen molar-refractivity contribution in [2.75, 3.05) is 11.9 Å². The van der Waals surface area contributed by atoms with Gasteiger partial charge >= 0.3 is 0 Å². The van der Waals surface area contributed by atoms with Crippen LogP contribution < -0.4 is 10.6 Å². The lowest BCUT2D eigenvalue weighted by Gasteiger charge is -2.09. The van der Waals surface area contributed by atoms with Gasteiger partial charge in [0.25, 0.3) is 5.91 Å². The zero-order chi connectivity index (χ0) is 16.9. The Labute approximate surface area is 147 Å². The van der Waals surface area contributed by atoms with Crippen LogP contribution in [0.3, 0.4) is 0 Å². The molecule has 0 bridgehead atoms. The number of nitrogens with zero attached hydrogens (tertiary/aromatic N) is 1. The summed E-state index contributed by atoms with van der Waals surface area (Å²) < 4.78 is 0.889. The van der Waals surface area contributed by atoms with Gasteiger partial charge in [-0.1, -0.05) is 34.1 Å². The van der Waals surface area contributed by atoms with Gasteiger partial charge < -0.3 is 10.6 Å². The third-order valence-corrected chi connectivity index (χ3v) is 3.95. The number of rotatable bonds is 4. The largest absolute Gasteiger partial charge is 0.343 e. The number of carbonyl (C=O) groups is 2. The van der Waals surface area contributed by atoms with E-state index in [2.05, 4.69) is 31.5 Å². The van der Waals surface area contributed by atoms with Crippen LogP contribution in [0.4, 0.5) is 5.69 Å². The molecule has 120 valence electrons. The van der Waals surface area contributed by atoms with Crippen molar-refractivity contribution >= 4 is 44.3 Å². The number of nitrogens with one attached hydrogen (secondary N) is 2. The fourth-order valence-corrected chi connectivity index (χ4v) is 2.53. The number of pyridine rings is 1. The van der Waals surface area contributed by atoms with E-state index in [1.165, 1.54) is 0 Å². The highest BCUT2D eigenvalue weighted by Crippen LogP contribution is 2.20. The molecule has 5 nitrogen and oxygen atoms in total. The summed E-state index contributed by atoms with van der Waals surface area (Å²) in [4.78, 5) is 28.4. The molecule has 0 aliphatic carbocycles. The molecule has 0 fully saturated rings. The minimum absolute atomic E-state index is 0.113. The third kappa shape index (κ3) is 3.78. The molecule has 3 aromatic rings. The van der Waals surface area contributed by atoms with Crippen LogP contribution in [0.25, 0.3) is 10.9 Å². The number of amides is 2. The van der Waals surface area contributed by atoms with Crippen molar-refractivity contribution in [2.45, 2.75) is 0 Å². The topological polar surface area (TPSA) is 71.1 Å². The molecule has 0 spiro atoms. The Balaban J connectivity index is 1.63. The Morgan fingerprint density at radius 1 is 1.00 bits per heavy atom. The number of para-hydroxylation sites is 1. The first-order valence-electron chi connectivity index (χ1n) is 7.31. The summed E-state index contributed by atoms with van der Waals surface area (Å²) in [5.74, 6) is -0.604. The van der Waals surface area contributed by atoms with Crippen molar-refractivity contribution in [3.8, 4) is 0 Å². The lowest BCUT2D eigenvalue weighted by molar-refractivity contribution is -0.115. The Morgan fingerprint density at radius 2 is 1.75 bits per heavy atom. The lowest BCUT2D eigenvalue weighted by atomic mass is 10.2. The first-order valence-corrected chi connectivity index (χ1v) is 8.10. The van der Waals surface area contributed by atoms with E-state index in [4.69, 9.17) is 0 Å². The molecule has 0 saturated carbocycles. The van der Waals surface area contributed by atoms with E-state index in [1.807, 2.05) is 24.3 Å².